The van der Waals surface area contributed by atoms with Gasteiger partial charge in [-0.1, -0.05) is 13.8 Å². The van der Waals surface area contributed by atoms with Gasteiger partial charge in [-0.2, -0.15) is 5.10 Å². The molecule has 0 atom stereocenters. The minimum absolute atomic E-state index is 0.0765. The van der Waals surface area contributed by atoms with Crippen molar-refractivity contribution in [3.63, 3.8) is 0 Å². The van der Waals surface area contributed by atoms with Crippen molar-refractivity contribution in [3.8, 4) is 0 Å². The zero-order valence-electron chi connectivity index (χ0n) is 11.8. The Kier molecular flexibility index (Phi) is 5.29. The van der Waals surface area contributed by atoms with Gasteiger partial charge >= 0.3 is 0 Å². The molecule has 20 heavy (non-hydrogen) atoms. The number of hydrogen-bond acceptors (Lipinski definition) is 4. The Balaban J connectivity index is 1.66. The summed E-state index contributed by atoms with van der Waals surface area (Å²) in [4.78, 5) is 16.2. The number of H-pyrrole nitrogens is 1. The van der Waals surface area contributed by atoms with Crippen LogP contribution < -0.4 is 5.32 Å². The molecule has 5 nitrogen and oxygen atoms in total. The lowest BCUT2D eigenvalue weighted by Gasteiger charge is -2.03. The molecule has 0 aliphatic rings. The highest BCUT2D eigenvalue weighted by atomic mass is 32.1. The lowest BCUT2D eigenvalue weighted by Crippen LogP contribution is -2.22. The average Bonchev–Trinajstić information content (AvgIpc) is 3.07. The van der Waals surface area contributed by atoms with Crippen molar-refractivity contribution in [3.05, 3.63) is 34.0 Å². The molecule has 0 spiro atoms. The van der Waals surface area contributed by atoms with Crippen molar-refractivity contribution in [2.75, 3.05) is 0 Å². The fourth-order valence-corrected chi connectivity index (χ4v) is 2.65. The van der Waals surface area contributed by atoms with Gasteiger partial charge in [0.1, 0.15) is 0 Å². The maximum absolute atomic E-state index is 11.7. The number of carbonyl (C=O) groups is 1. The first-order chi connectivity index (χ1) is 9.65. The first-order valence-corrected chi connectivity index (χ1v) is 7.71. The van der Waals surface area contributed by atoms with Crippen LogP contribution in [0.15, 0.2) is 17.8 Å². The van der Waals surface area contributed by atoms with Gasteiger partial charge in [0.15, 0.2) is 0 Å². The van der Waals surface area contributed by atoms with Crippen LogP contribution in [0, 0.1) is 0 Å². The molecule has 1 amide bonds. The molecule has 0 unspecified atom stereocenters. The minimum atomic E-state index is 0.0765. The van der Waals surface area contributed by atoms with Gasteiger partial charge in [-0.15, -0.1) is 11.3 Å². The Labute approximate surface area is 122 Å². The van der Waals surface area contributed by atoms with Crippen LogP contribution in [0.5, 0.6) is 0 Å². The summed E-state index contributed by atoms with van der Waals surface area (Å²) in [7, 11) is 0. The Bertz CT molecular complexity index is 533. The van der Waals surface area contributed by atoms with Crippen molar-refractivity contribution in [1.29, 1.82) is 0 Å². The van der Waals surface area contributed by atoms with E-state index in [9.17, 15) is 4.79 Å². The highest BCUT2D eigenvalue weighted by Gasteiger charge is 2.07. The van der Waals surface area contributed by atoms with E-state index in [4.69, 9.17) is 0 Å². The second-order valence-corrected chi connectivity index (χ2v) is 5.96. The van der Waals surface area contributed by atoms with E-state index in [1.807, 2.05) is 11.6 Å². The predicted octanol–water partition coefficient (Wildman–Crippen LogP) is 2.63. The van der Waals surface area contributed by atoms with Crippen LogP contribution in [-0.2, 0) is 17.8 Å². The fraction of sp³-hybridized carbons (Fsp3) is 0.500. The fourth-order valence-electron chi connectivity index (χ4n) is 1.81. The Morgan fingerprint density at radius 3 is 3.00 bits per heavy atom. The van der Waals surface area contributed by atoms with Gasteiger partial charge in [-0.3, -0.25) is 9.89 Å². The molecule has 0 bridgehead atoms. The van der Waals surface area contributed by atoms with E-state index in [2.05, 4.69) is 34.3 Å². The summed E-state index contributed by atoms with van der Waals surface area (Å²) in [6, 6.07) is 0. The van der Waals surface area contributed by atoms with Crippen LogP contribution in [0.25, 0.3) is 0 Å². The number of hydrogen-bond donors (Lipinski definition) is 2. The van der Waals surface area contributed by atoms with Gasteiger partial charge < -0.3 is 5.32 Å². The molecule has 2 N–H and O–H groups in total. The molecule has 0 aromatic carbocycles. The molecule has 2 rings (SSSR count). The lowest BCUT2D eigenvalue weighted by molar-refractivity contribution is -0.121. The van der Waals surface area contributed by atoms with Crippen LogP contribution in [-0.4, -0.2) is 21.1 Å². The second-order valence-electron chi connectivity index (χ2n) is 5.07. The molecule has 0 aliphatic heterocycles. The summed E-state index contributed by atoms with van der Waals surface area (Å²) in [6.45, 7) is 4.77. The quantitative estimate of drug-likeness (QED) is 0.824. The van der Waals surface area contributed by atoms with Gasteiger partial charge in [0.25, 0.3) is 0 Å². The molecule has 0 saturated heterocycles. The number of nitrogens with zero attached hydrogens (tertiary/aromatic N) is 2. The van der Waals surface area contributed by atoms with Crippen molar-refractivity contribution in [1.82, 2.24) is 20.5 Å². The van der Waals surface area contributed by atoms with Gasteiger partial charge in [0.05, 0.1) is 23.4 Å². The molecule has 0 fully saturated rings. The van der Waals surface area contributed by atoms with Crippen LogP contribution in [0.4, 0.5) is 0 Å². The smallest absolute Gasteiger partial charge is 0.220 e. The summed E-state index contributed by atoms with van der Waals surface area (Å²) in [5, 5.41) is 12.7. The predicted molar refractivity (Wildman–Crippen MR) is 79.6 cm³/mol. The van der Waals surface area contributed by atoms with E-state index in [-0.39, 0.29) is 5.91 Å². The Morgan fingerprint density at radius 1 is 1.50 bits per heavy atom. The van der Waals surface area contributed by atoms with Gasteiger partial charge in [-0.25, -0.2) is 4.98 Å². The first kappa shape index (κ1) is 14.7. The van der Waals surface area contributed by atoms with E-state index in [1.165, 1.54) is 0 Å². The molecule has 6 heteroatoms. The summed E-state index contributed by atoms with van der Waals surface area (Å²) in [5.74, 6) is 0.520. The van der Waals surface area contributed by atoms with Gasteiger partial charge in [0, 0.05) is 23.9 Å². The molecule has 0 aliphatic carbocycles. The number of aromatic amines is 1. The topological polar surface area (TPSA) is 70.7 Å². The lowest BCUT2D eigenvalue weighted by atomic mass is 10.1. The second kappa shape index (κ2) is 7.19. The number of thiazole rings is 1. The van der Waals surface area contributed by atoms with E-state index in [0.29, 0.717) is 18.9 Å². The monoisotopic (exact) mass is 292 g/mol. The summed E-state index contributed by atoms with van der Waals surface area (Å²) in [6.07, 6.45) is 5.89. The van der Waals surface area contributed by atoms with Gasteiger partial charge in [0.2, 0.25) is 5.91 Å². The van der Waals surface area contributed by atoms with E-state index >= 15 is 0 Å². The number of aromatic nitrogens is 3. The normalized spacial score (nSPS) is 10.9. The number of carbonyl (C=O) groups excluding carboxylic acids is 1. The third kappa shape index (κ3) is 4.45. The maximum atomic E-state index is 11.7. The number of nitrogens with one attached hydrogen (secondary N) is 2. The highest BCUT2D eigenvalue weighted by Crippen LogP contribution is 2.18. The third-order valence-corrected chi connectivity index (χ3v) is 4.15. The molecular formula is C14H20N4OS. The standard InChI is InChI=1S/C14H20N4OS/c1-10(2)14-18-12(9-20-14)8-15-13(19)5-3-4-11-6-16-17-7-11/h6-7,9-10H,3-5,8H2,1-2H3,(H,15,19)(H,16,17). The van der Waals surface area contributed by atoms with Crippen molar-refractivity contribution < 1.29 is 4.79 Å². The molecule has 108 valence electrons. The molecule has 0 saturated carbocycles. The maximum Gasteiger partial charge on any atom is 0.220 e. The summed E-state index contributed by atoms with van der Waals surface area (Å²) < 4.78 is 0. The molecular weight excluding hydrogens is 272 g/mol. The van der Waals surface area contributed by atoms with E-state index < -0.39 is 0 Å². The SMILES string of the molecule is CC(C)c1nc(CNC(=O)CCCc2cn[nH]c2)cs1. The Hall–Kier alpha value is -1.69. The molecule has 2 aromatic heterocycles. The zero-order chi connectivity index (χ0) is 14.4. The molecule has 0 radical (unpaired) electrons. The molecule has 2 aromatic rings. The average molecular weight is 292 g/mol. The summed E-state index contributed by atoms with van der Waals surface area (Å²) >= 11 is 1.65. The third-order valence-electron chi connectivity index (χ3n) is 2.95. The van der Waals surface area contributed by atoms with E-state index in [0.717, 1.165) is 29.1 Å². The van der Waals surface area contributed by atoms with E-state index in [1.54, 1.807) is 17.5 Å². The van der Waals surface area contributed by atoms with Crippen LogP contribution in [0.3, 0.4) is 0 Å². The van der Waals surface area contributed by atoms with Crippen LogP contribution >= 0.6 is 11.3 Å². The highest BCUT2D eigenvalue weighted by molar-refractivity contribution is 7.09. The van der Waals surface area contributed by atoms with Crippen LogP contribution in [0.1, 0.15) is 48.9 Å². The van der Waals surface area contributed by atoms with Gasteiger partial charge in [-0.05, 0) is 18.4 Å². The molecule has 2 heterocycles. The first-order valence-electron chi connectivity index (χ1n) is 6.84. The van der Waals surface area contributed by atoms with Crippen molar-refractivity contribution >= 4 is 17.2 Å². The summed E-state index contributed by atoms with van der Waals surface area (Å²) in [5.41, 5.74) is 2.08. The zero-order valence-corrected chi connectivity index (χ0v) is 12.7. The Morgan fingerprint density at radius 2 is 2.35 bits per heavy atom. The number of aryl methyl sites for hydroxylation is 1. The van der Waals surface area contributed by atoms with Crippen molar-refractivity contribution in [2.45, 2.75) is 45.6 Å². The largest absolute Gasteiger partial charge is 0.350 e. The number of amides is 1. The van der Waals surface area contributed by atoms with Crippen molar-refractivity contribution in [2.24, 2.45) is 0 Å². The van der Waals surface area contributed by atoms with Crippen LogP contribution in [0.2, 0.25) is 0 Å². The minimum Gasteiger partial charge on any atom is -0.350 e. The number of rotatable bonds is 7.